The lowest BCUT2D eigenvalue weighted by Crippen LogP contribution is -1.99. The van der Waals surface area contributed by atoms with Gasteiger partial charge in [0.05, 0.1) is 23.2 Å². The molecule has 3 nitrogen and oxygen atoms in total. The topological polar surface area (TPSA) is 42.4 Å². The predicted molar refractivity (Wildman–Crippen MR) is 64.2 cm³/mol. The minimum absolute atomic E-state index is 0.570. The molecule has 0 saturated carbocycles. The number of nitrogens with zero attached hydrogens (tertiary/aromatic N) is 1. The Morgan fingerprint density at radius 1 is 1.50 bits per heavy atom. The number of hydrogen-bond donors (Lipinski definition) is 1. The largest absolute Gasteiger partial charge is 0.495 e. The van der Waals surface area contributed by atoms with Crippen molar-refractivity contribution in [3.8, 4) is 5.75 Å². The van der Waals surface area contributed by atoms with Crippen LogP contribution >= 0.6 is 22.9 Å². The van der Waals surface area contributed by atoms with Crippen molar-refractivity contribution >= 4 is 22.9 Å². The third-order valence-corrected chi connectivity index (χ3v) is 3.59. The van der Waals surface area contributed by atoms with E-state index in [4.69, 9.17) is 16.3 Å². The summed E-state index contributed by atoms with van der Waals surface area (Å²) >= 11 is 7.37. The first-order valence-electron chi connectivity index (χ1n) is 4.62. The van der Waals surface area contributed by atoms with Gasteiger partial charge in [0, 0.05) is 11.8 Å². The third-order valence-electron chi connectivity index (χ3n) is 2.18. The lowest BCUT2D eigenvalue weighted by molar-refractivity contribution is 0.223. The van der Waals surface area contributed by atoms with Crippen LogP contribution in [0.25, 0.3) is 0 Å². The van der Waals surface area contributed by atoms with Gasteiger partial charge in [-0.05, 0) is 17.5 Å². The fraction of sp³-hybridized carbons (Fsp3) is 0.182. The normalized spacial score (nSPS) is 12.4. The van der Waals surface area contributed by atoms with E-state index in [9.17, 15) is 5.11 Å². The minimum atomic E-state index is -0.755. The fourth-order valence-corrected chi connectivity index (χ4v) is 2.52. The Hall–Kier alpha value is -1.10. The summed E-state index contributed by atoms with van der Waals surface area (Å²) in [4.78, 5) is 4.71. The Morgan fingerprint density at radius 3 is 2.94 bits per heavy atom. The van der Waals surface area contributed by atoms with Crippen LogP contribution in [0.2, 0.25) is 5.02 Å². The second kappa shape index (κ2) is 4.82. The molecule has 0 aromatic carbocycles. The molecule has 0 saturated heterocycles. The van der Waals surface area contributed by atoms with E-state index in [0.717, 1.165) is 4.88 Å². The molecule has 0 bridgehead atoms. The Balaban J connectivity index is 2.33. The lowest BCUT2D eigenvalue weighted by Gasteiger charge is -2.10. The zero-order valence-electron chi connectivity index (χ0n) is 8.55. The first-order chi connectivity index (χ1) is 7.72. The van der Waals surface area contributed by atoms with Gasteiger partial charge in [-0.3, -0.25) is 4.98 Å². The first kappa shape index (κ1) is 11.4. The molecule has 0 fully saturated rings. The molecule has 1 atom stereocenters. The average Bonchev–Trinajstić information content (AvgIpc) is 2.74. The quantitative estimate of drug-likeness (QED) is 0.917. The van der Waals surface area contributed by atoms with E-state index in [1.54, 1.807) is 31.6 Å². The van der Waals surface area contributed by atoms with Crippen LogP contribution in [-0.4, -0.2) is 17.2 Å². The summed E-state index contributed by atoms with van der Waals surface area (Å²) in [6.07, 6.45) is 2.44. The number of aliphatic hydroxyl groups excluding tert-OH is 1. The van der Waals surface area contributed by atoms with Crippen LogP contribution < -0.4 is 4.74 Å². The van der Waals surface area contributed by atoms with Crippen LogP contribution in [0.1, 0.15) is 16.5 Å². The summed E-state index contributed by atoms with van der Waals surface area (Å²) in [5.41, 5.74) is 0.670. The summed E-state index contributed by atoms with van der Waals surface area (Å²) < 4.78 is 5.05. The van der Waals surface area contributed by atoms with Gasteiger partial charge in [-0.1, -0.05) is 11.6 Å². The number of ether oxygens (including phenoxy) is 1. The van der Waals surface area contributed by atoms with Crippen LogP contribution in [-0.2, 0) is 0 Å². The van der Waals surface area contributed by atoms with Gasteiger partial charge in [0.2, 0.25) is 0 Å². The van der Waals surface area contributed by atoms with E-state index in [1.165, 1.54) is 11.3 Å². The van der Waals surface area contributed by atoms with Crippen LogP contribution in [0.3, 0.4) is 0 Å². The van der Waals surface area contributed by atoms with E-state index in [2.05, 4.69) is 4.98 Å². The van der Waals surface area contributed by atoms with Gasteiger partial charge in [0.25, 0.3) is 0 Å². The first-order valence-corrected chi connectivity index (χ1v) is 5.88. The summed E-state index contributed by atoms with van der Waals surface area (Å²) in [5, 5.41) is 12.5. The summed E-state index contributed by atoms with van der Waals surface area (Å²) in [5.74, 6) is 0.615. The van der Waals surface area contributed by atoms with Gasteiger partial charge in [0.1, 0.15) is 11.9 Å². The molecule has 2 rings (SSSR count). The van der Waals surface area contributed by atoms with E-state index in [0.29, 0.717) is 16.3 Å². The van der Waals surface area contributed by atoms with E-state index >= 15 is 0 Å². The number of hydrogen-bond acceptors (Lipinski definition) is 4. The van der Waals surface area contributed by atoms with Gasteiger partial charge < -0.3 is 9.84 Å². The van der Waals surface area contributed by atoms with Gasteiger partial charge in [-0.2, -0.15) is 0 Å². The van der Waals surface area contributed by atoms with Gasteiger partial charge >= 0.3 is 0 Å². The van der Waals surface area contributed by atoms with Crippen molar-refractivity contribution in [2.45, 2.75) is 6.10 Å². The van der Waals surface area contributed by atoms with E-state index in [1.807, 2.05) is 5.38 Å². The lowest BCUT2D eigenvalue weighted by atomic mass is 10.1. The monoisotopic (exact) mass is 255 g/mol. The molecule has 2 heterocycles. The molecule has 0 aliphatic heterocycles. The molecule has 0 amide bonds. The van der Waals surface area contributed by atoms with Crippen LogP contribution in [0.15, 0.2) is 29.9 Å². The highest BCUT2D eigenvalue weighted by Crippen LogP contribution is 2.33. The maximum atomic E-state index is 10.1. The number of methoxy groups -OCH3 is 1. The second-order valence-electron chi connectivity index (χ2n) is 3.19. The number of halogens is 1. The summed E-state index contributed by atoms with van der Waals surface area (Å²) in [7, 11) is 1.56. The molecular weight excluding hydrogens is 246 g/mol. The number of aromatic nitrogens is 1. The van der Waals surface area contributed by atoms with Gasteiger partial charge in [-0.25, -0.2) is 0 Å². The van der Waals surface area contributed by atoms with Crippen molar-refractivity contribution in [1.82, 2.24) is 4.98 Å². The second-order valence-corrected chi connectivity index (χ2v) is 4.55. The highest BCUT2D eigenvalue weighted by Gasteiger charge is 2.16. The van der Waals surface area contributed by atoms with Gasteiger partial charge in [0.15, 0.2) is 0 Å². The van der Waals surface area contributed by atoms with Crippen molar-refractivity contribution in [2.75, 3.05) is 7.11 Å². The molecule has 2 aromatic rings. The van der Waals surface area contributed by atoms with Crippen LogP contribution in [0.4, 0.5) is 0 Å². The SMILES string of the molecule is COc1cncc(C(O)c2sccc2Cl)c1. The Kier molecular flexibility index (Phi) is 3.43. The fourth-order valence-electron chi connectivity index (χ4n) is 1.35. The summed E-state index contributed by atoms with van der Waals surface area (Å²) in [6.45, 7) is 0. The van der Waals surface area contributed by atoms with Crippen molar-refractivity contribution in [2.24, 2.45) is 0 Å². The van der Waals surface area contributed by atoms with Crippen molar-refractivity contribution < 1.29 is 9.84 Å². The van der Waals surface area contributed by atoms with Gasteiger partial charge in [-0.15, -0.1) is 11.3 Å². The standard InChI is InChI=1S/C11H10ClNO2S/c1-15-8-4-7(5-13-6-8)10(14)11-9(12)2-3-16-11/h2-6,10,14H,1H3. The maximum Gasteiger partial charge on any atom is 0.137 e. The molecule has 0 radical (unpaired) electrons. The van der Waals surface area contributed by atoms with Crippen molar-refractivity contribution in [3.63, 3.8) is 0 Å². The minimum Gasteiger partial charge on any atom is -0.495 e. The Morgan fingerprint density at radius 2 is 2.31 bits per heavy atom. The number of rotatable bonds is 3. The van der Waals surface area contributed by atoms with Crippen molar-refractivity contribution in [1.29, 1.82) is 0 Å². The number of aliphatic hydroxyl groups is 1. The number of thiophene rings is 1. The van der Waals surface area contributed by atoms with Crippen molar-refractivity contribution in [3.05, 3.63) is 45.4 Å². The Bertz CT molecular complexity index is 486. The Labute approximate surface area is 102 Å². The van der Waals surface area contributed by atoms with Crippen LogP contribution in [0, 0.1) is 0 Å². The van der Waals surface area contributed by atoms with Crippen LogP contribution in [0.5, 0.6) is 5.75 Å². The summed E-state index contributed by atoms with van der Waals surface area (Å²) in [6, 6.07) is 3.51. The highest BCUT2D eigenvalue weighted by atomic mass is 35.5. The molecule has 2 aromatic heterocycles. The molecule has 16 heavy (non-hydrogen) atoms. The molecule has 0 aliphatic carbocycles. The zero-order chi connectivity index (χ0) is 11.5. The molecule has 1 N–H and O–H groups in total. The number of pyridine rings is 1. The molecule has 84 valence electrons. The molecule has 0 aliphatic rings. The molecule has 5 heteroatoms. The smallest absolute Gasteiger partial charge is 0.137 e. The molecular formula is C11H10ClNO2S. The predicted octanol–water partition coefficient (Wildman–Crippen LogP) is 2.89. The van der Waals surface area contributed by atoms with E-state index < -0.39 is 6.10 Å². The van der Waals surface area contributed by atoms with E-state index in [-0.39, 0.29) is 0 Å². The average molecular weight is 256 g/mol. The molecule has 1 unspecified atom stereocenters. The maximum absolute atomic E-state index is 10.1. The highest BCUT2D eigenvalue weighted by molar-refractivity contribution is 7.10. The third kappa shape index (κ3) is 2.19. The zero-order valence-corrected chi connectivity index (χ0v) is 10.1. The molecule has 0 spiro atoms.